The zero-order valence-corrected chi connectivity index (χ0v) is 12.7. The lowest BCUT2D eigenvalue weighted by atomic mass is 10.2. The predicted octanol–water partition coefficient (Wildman–Crippen LogP) is 5.07. The van der Waals surface area contributed by atoms with Crippen molar-refractivity contribution in [3.63, 3.8) is 0 Å². The van der Waals surface area contributed by atoms with Gasteiger partial charge in [-0.15, -0.1) is 0 Å². The smallest absolute Gasteiger partial charge is 0.129 e. The van der Waals surface area contributed by atoms with Crippen LogP contribution >= 0.6 is 31.9 Å². The van der Waals surface area contributed by atoms with Crippen LogP contribution in [0.5, 0.6) is 0 Å². The van der Waals surface area contributed by atoms with Crippen LogP contribution in [0.15, 0.2) is 51.4 Å². The molecule has 0 aromatic heterocycles. The molecular formula is C14H11Br2FO. The van der Waals surface area contributed by atoms with E-state index in [-0.39, 0.29) is 12.4 Å². The fraction of sp³-hybridized carbons (Fsp3) is 0.143. The topological polar surface area (TPSA) is 9.23 Å². The second-order valence-electron chi connectivity index (χ2n) is 3.86. The minimum absolute atomic E-state index is 0.251. The van der Waals surface area contributed by atoms with E-state index >= 15 is 0 Å². The molecule has 0 aliphatic rings. The molecule has 0 amide bonds. The van der Waals surface area contributed by atoms with E-state index in [2.05, 4.69) is 31.9 Å². The van der Waals surface area contributed by atoms with Crippen molar-refractivity contribution >= 4 is 31.9 Å². The van der Waals surface area contributed by atoms with Gasteiger partial charge in [-0.1, -0.05) is 50.1 Å². The summed E-state index contributed by atoms with van der Waals surface area (Å²) in [6.07, 6.45) is 0. The van der Waals surface area contributed by atoms with Crippen LogP contribution in [0.3, 0.4) is 0 Å². The van der Waals surface area contributed by atoms with Crippen LogP contribution in [0.4, 0.5) is 4.39 Å². The predicted molar refractivity (Wildman–Crippen MR) is 76.7 cm³/mol. The second kappa shape index (κ2) is 6.45. The van der Waals surface area contributed by atoms with Gasteiger partial charge in [0, 0.05) is 14.5 Å². The summed E-state index contributed by atoms with van der Waals surface area (Å²) in [7, 11) is 0. The van der Waals surface area contributed by atoms with E-state index in [0.29, 0.717) is 12.2 Å². The zero-order valence-electron chi connectivity index (χ0n) is 9.50. The third-order valence-corrected chi connectivity index (χ3v) is 3.42. The summed E-state index contributed by atoms with van der Waals surface area (Å²) in [6, 6.07) is 12.8. The second-order valence-corrected chi connectivity index (χ2v) is 5.69. The lowest BCUT2D eigenvalue weighted by molar-refractivity contribution is 0.105. The molecule has 0 aliphatic heterocycles. The van der Waals surface area contributed by atoms with Gasteiger partial charge in [0.15, 0.2) is 0 Å². The van der Waals surface area contributed by atoms with Gasteiger partial charge < -0.3 is 4.74 Å². The van der Waals surface area contributed by atoms with Crippen LogP contribution in [0.1, 0.15) is 11.1 Å². The molecule has 0 fully saturated rings. The van der Waals surface area contributed by atoms with Crippen molar-refractivity contribution < 1.29 is 9.13 Å². The van der Waals surface area contributed by atoms with Crippen molar-refractivity contribution in [2.24, 2.45) is 0 Å². The molecule has 2 rings (SSSR count). The normalized spacial score (nSPS) is 10.6. The summed E-state index contributed by atoms with van der Waals surface area (Å²) in [6.45, 7) is 0.737. The van der Waals surface area contributed by atoms with Crippen LogP contribution in [-0.4, -0.2) is 0 Å². The third kappa shape index (κ3) is 3.90. The molecule has 1 nitrogen and oxygen atoms in total. The van der Waals surface area contributed by atoms with E-state index in [1.54, 1.807) is 12.1 Å². The van der Waals surface area contributed by atoms with Gasteiger partial charge in [0.2, 0.25) is 0 Å². The first-order valence-electron chi connectivity index (χ1n) is 5.41. The molecule has 0 spiro atoms. The van der Waals surface area contributed by atoms with Gasteiger partial charge >= 0.3 is 0 Å². The molecule has 0 heterocycles. The monoisotopic (exact) mass is 372 g/mol. The summed E-state index contributed by atoms with van der Waals surface area (Å²) in [5.41, 5.74) is 1.62. The highest BCUT2D eigenvalue weighted by Crippen LogP contribution is 2.17. The van der Waals surface area contributed by atoms with Crippen LogP contribution in [0, 0.1) is 5.82 Å². The van der Waals surface area contributed by atoms with Gasteiger partial charge in [-0.3, -0.25) is 0 Å². The lowest BCUT2D eigenvalue weighted by Gasteiger charge is -2.06. The minimum atomic E-state index is -0.251. The maximum absolute atomic E-state index is 13.5. The highest BCUT2D eigenvalue weighted by molar-refractivity contribution is 9.10. The van der Waals surface area contributed by atoms with Crippen LogP contribution in [-0.2, 0) is 18.0 Å². The SMILES string of the molecule is Fc1cc(Br)ccc1COCc1cccc(Br)c1. The number of ether oxygens (including phenoxy) is 1. The van der Waals surface area contributed by atoms with E-state index in [0.717, 1.165) is 14.5 Å². The lowest BCUT2D eigenvalue weighted by Crippen LogP contribution is -1.96. The molecule has 2 aromatic rings. The number of rotatable bonds is 4. The van der Waals surface area contributed by atoms with Gasteiger partial charge in [0.05, 0.1) is 13.2 Å². The molecule has 0 radical (unpaired) electrons. The van der Waals surface area contributed by atoms with Gasteiger partial charge in [-0.05, 0) is 29.8 Å². The zero-order chi connectivity index (χ0) is 13.0. The number of halogens is 3. The fourth-order valence-electron chi connectivity index (χ4n) is 1.54. The first-order chi connectivity index (χ1) is 8.65. The van der Waals surface area contributed by atoms with Gasteiger partial charge in [-0.25, -0.2) is 4.39 Å². The van der Waals surface area contributed by atoms with E-state index < -0.39 is 0 Å². The molecular weight excluding hydrogens is 363 g/mol. The van der Waals surface area contributed by atoms with Gasteiger partial charge in [-0.2, -0.15) is 0 Å². The van der Waals surface area contributed by atoms with Crippen molar-refractivity contribution in [1.82, 2.24) is 0 Å². The van der Waals surface area contributed by atoms with Crippen molar-refractivity contribution in [2.75, 3.05) is 0 Å². The Morgan fingerprint density at radius 1 is 0.944 bits per heavy atom. The number of hydrogen-bond donors (Lipinski definition) is 0. The molecule has 0 N–H and O–H groups in total. The third-order valence-electron chi connectivity index (χ3n) is 2.43. The van der Waals surface area contributed by atoms with Crippen molar-refractivity contribution in [2.45, 2.75) is 13.2 Å². The quantitative estimate of drug-likeness (QED) is 0.727. The largest absolute Gasteiger partial charge is 0.372 e. The maximum atomic E-state index is 13.5. The van der Waals surface area contributed by atoms with Crippen molar-refractivity contribution in [3.8, 4) is 0 Å². The highest BCUT2D eigenvalue weighted by Gasteiger charge is 2.03. The Morgan fingerprint density at radius 3 is 2.44 bits per heavy atom. The summed E-state index contributed by atoms with van der Waals surface area (Å²) in [5, 5.41) is 0. The fourth-order valence-corrected chi connectivity index (χ4v) is 2.32. The Morgan fingerprint density at radius 2 is 1.72 bits per heavy atom. The van der Waals surface area contributed by atoms with E-state index in [9.17, 15) is 4.39 Å². The Kier molecular flexibility index (Phi) is 4.92. The molecule has 4 heteroatoms. The van der Waals surface area contributed by atoms with E-state index in [1.165, 1.54) is 6.07 Å². The molecule has 0 saturated heterocycles. The molecule has 2 aromatic carbocycles. The molecule has 0 saturated carbocycles. The van der Waals surface area contributed by atoms with Gasteiger partial charge in [0.1, 0.15) is 5.82 Å². The Bertz CT molecular complexity index is 543. The minimum Gasteiger partial charge on any atom is -0.372 e. The average Bonchev–Trinajstić information content (AvgIpc) is 2.32. The highest BCUT2D eigenvalue weighted by atomic mass is 79.9. The summed E-state index contributed by atoms with van der Waals surface area (Å²) in [5.74, 6) is -0.251. The summed E-state index contributed by atoms with van der Waals surface area (Å²) < 4.78 is 20.8. The molecule has 0 atom stereocenters. The molecule has 0 bridgehead atoms. The first kappa shape index (κ1) is 13.7. The standard InChI is InChI=1S/C14H11Br2FO/c15-12-3-1-2-10(6-12)8-18-9-11-4-5-13(16)7-14(11)17/h1-7H,8-9H2. The Balaban J connectivity index is 1.92. The first-order valence-corrected chi connectivity index (χ1v) is 7.00. The number of hydrogen-bond acceptors (Lipinski definition) is 1. The van der Waals surface area contributed by atoms with E-state index in [1.807, 2.05) is 24.3 Å². The Hall–Kier alpha value is -0.710. The maximum Gasteiger partial charge on any atom is 0.129 e. The van der Waals surface area contributed by atoms with Gasteiger partial charge in [0.25, 0.3) is 0 Å². The molecule has 94 valence electrons. The number of benzene rings is 2. The van der Waals surface area contributed by atoms with Crippen LogP contribution in [0.2, 0.25) is 0 Å². The van der Waals surface area contributed by atoms with Crippen molar-refractivity contribution in [1.29, 1.82) is 0 Å². The van der Waals surface area contributed by atoms with Crippen molar-refractivity contribution in [3.05, 3.63) is 68.4 Å². The summed E-state index contributed by atoms with van der Waals surface area (Å²) >= 11 is 6.62. The molecule has 18 heavy (non-hydrogen) atoms. The van der Waals surface area contributed by atoms with Crippen LogP contribution in [0.25, 0.3) is 0 Å². The molecule has 0 aliphatic carbocycles. The molecule has 0 unspecified atom stereocenters. The van der Waals surface area contributed by atoms with Crippen LogP contribution < -0.4 is 0 Å². The Labute approximate surface area is 122 Å². The average molecular weight is 374 g/mol. The van der Waals surface area contributed by atoms with E-state index in [4.69, 9.17) is 4.74 Å². The summed E-state index contributed by atoms with van der Waals surface area (Å²) in [4.78, 5) is 0.